The zero-order valence-electron chi connectivity index (χ0n) is 14.7. The molecule has 0 bridgehead atoms. The molecular formula is C17H15ClF2N2O5S2. The highest BCUT2D eigenvalue weighted by molar-refractivity contribution is 7.92. The molecule has 1 saturated heterocycles. The Kier molecular flexibility index (Phi) is 5.95. The number of carbonyl (C=O) groups excluding carboxylic acids is 1. The molecule has 29 heavy (non-hydrogen) atoms. The van der Waals surface area contributed by atoms with Gasteiger partial charge in [0.1, 0.15) is 16.9 Å². The first-order chi connectivity index (χ1) is 13.5. The summed E-state index contributed by atoms with van der Waals surface area (Å²) in [5.74, 6) is -3.29. The van der Waals surface area contributed by atoms with Gasteiger partial charge in [0.15, 0.2) is 14.7 Å². The topological polar surface area (TPSA) is 101 Å². The summed E-state index contributed by atoms with van der Waals surface area (Å²) in [5, 5.41) is -0.457. The molecule has 12 heteroatoms. The zero-order valence-corrected chi connectivity index (χ0v) is 17.1. The minimum absolute atomic E-state index is 0.0646. The fourth-order valence-corrected chi connectivity index (χ4v) is 5.62. The lowest BCUT2D eigenvalue weighted by Crippen LogP contribution is -2.58. The molecule has 156 valence electrons. The molecule has 1 aliphatic rings. The molecule has 0 aromatic heterocycles. The van der Waals surface area contributed by atoms with Crippen molar-refractivity contribution in [2.24, 2.45) is 0 Å². The molecule has 0 spiro atoms. The van der Waals surface area contributed by atoms with Gasteiger partial charge in [0.2, 0.25) is 15.9 Å². The predicted molar refractivity (Wildman–Crippen MR) is 101 cm³/mol. The average molecular weight is 465 g/mol. The second kappa shape index (κ2) is 7.98. The lowest BCUT2D eigenvalue weighted by atomic mass is 10.2. The molecule has 0 radical (unpaired) electrons. The maximum Gasteiger partial charge on any atom is 0.246 e. The van der Waals surface area contributed by atoms with Crippen LogP contribution in [0.5, 0.6) is 0 Å². The van der Waals surface area contributed by atoms with Gasteiger partial charge in [-0.15, -0.1) is 0 Å². The van der Waals surface area contributed by atoms with Crippen molar-refractivity contribution in [3.8, 4) is 0 Å². The second-order valence-electron chi connectivity index (χ2n) is 6.29. The largest absolute Gasteiger partial charge is 0.339 e. The van der Waals surface area contributed by atoms with Crippen LogP contribution in [0.4, 0.5) is 8.78 Å². The molecule has 2 aromatic rings. The van der Waals surface area contributed by atoms with Crippen molar-refractivity contribution in [3.05, 3.63) is 59.1 Å². The Morgan fingerprint density at radius 2 is 1.59 bits per heavy atom. The van der Waals surface area contributed by atoms with Crippen LogP contribution in [-0.4, -0.2) is 52.5 Å². The number of hydrogen-bond donors (Lipinski definition) is 1. The molecular weight excluding hydrogens is 450 g/mol. The first-order valence-corrected chi connectivity index (χ1v) is 11.6. The van der Waals surface area contributed by atoms with Crippen LogP contribution in [-0.2, 0) is 24.7 Å². The molecule has 1 aliphatic heterocycles. The third-order valence-corrected chi connectivity index (χ3v) is 8.19. The maximum atomic E-state index is 13.6. The van der Waals surface area contributed by atoms with Crippen LogP contribution in [0.2, 0.25) is 5.02 Å². The molecule has 1 fully saturated rings. The van der Waals surface area contributed by atoms with E-state index in [1.165, 1.54) is 24.3 Å². The van der Waals surface area contributed by atoms with Crippen molar-refractivity contribution < 1.29 is 30.4 Å². The van der Waals surface area contributed by atoms with Gasteiger partial charge < -0.3 is 4.90 Å². The van der Waals surface area contributed by atoms with E-state index in [9.17, 15) is 30.4 Å². The van der Waals surface area contributed by atoms with Crippen LogP contribution in [0.3, 0.4) is 0 Å². The number of halogens is 3. The predicted octanol–water partition coefficient (Wildman–Crippen LogP) is 1.58. The van der Waals surface area contributed by atoms with E-state index in [1.807, 2.05) is 4.72 Å². The first-order valence-electron chi connectivity index (χ1n) is 8.23. The van der Waals surface area contributed by atoms with Gasteiger partial charge in [-0.05, 0) is 36.4 Å². The van der Waals surface area contributed by atoms with Crippen LogP contribution < -0.4 is 4.72 Å². The third kappa shape index (κ3) is 4.42. The van der Waals surface area contributed by atoms with E-state index in [0.29, 0.717) is 5.02 Å². The maximum absolute atomic E-state index is 13.6. The minimum atomic E-state index is -4.60. The summed E-state index contributed by atoms with van der Waals surface area (Å²) in [6.45, 7) is -1.01. The highest BCUT2D eigenvalue weighted by Crippen LogP contribution is 2.25. The quantitative estimate of drug-likeness (QED) is 0.699. The van der Waals surface area contributed by atoms with E-state index in [2.05, 4.69) is 0 Å². The van der Waals surface area contributed by atoms with Gasteiger partial charge in [-0.2, -0.15) is 0 Å². The molecule has 1 N–H and O–H groups in total. The summed E-state index contributed by atoms with van der Waals surface area (Å²) in [4.78, 5) is 12.1. The van der Waals surface area contributed by atoms with Crippen molar-refractivity contribution in [2.45, 2.75) is 15.0 Å². The molecule has 2 aromatic carbocycles. The van der Waals surface area contributed by atoms with Gasteiger partial charge in [-0.25, -0.2) is 30.3 Å². The second-order valence-corrected chi connectivity index (χ2v) is 10.7. The fourth-order valence-electron chi connectivity index (χ4n) is 2.73. The summed E-state index contributed by atoms with van der Waals surface area (Å²) >= 11 is 5.74. The molecule has 1 amide bonds. The Labute approximate surface area is 171 Å². The van der Waals surface area contributed by atoms with Crippen LogP contribution in [0.1, 0.15) is 0 Å². The summed E-state index contributed by atoms with van der Waals surface area (Å²) in [6.07, 6.45) is 0. The van der Waals surface area contributed by atoms with Crippen LogP contribution in [0.25, 0.3) is 0 Å². The van der Waals surface area contributed by atoms with E-state index in [4.69, 9.17) is 11.6 Å². The summed E-state index contributed by atoms with van der Waals surface area (Å²) in [6, 6.07) is 8.16. The van der Waals surface area contributed by atoms with E-state index >= 15 is 0 Å². The standard InChI is InChI=1S/C17H15ClF2N2O5S2/c18-11-4-6-12(7-5-11)28(24,25)13-9-22(10-13)16(23)8-21-29(26,27)17-14(19)2-1-3-15(17)20/h1-7,13,21H,8-10H2. The lowest BCUT2D eigenvalue weighted by Gasteiger charge is -2.38. The molecule has 0 aliphatic carbocycles. The Morgan fingerprint density at radius 1 is 1.03 bits per heavy atom. The van der Waals surface area contributed by atoms with Crippen LogP contribution >= 0.6 is 11.6 Å². The Balaban J connectivity index is 1.60. The van der Waals surface area contributed by atoms with Gasteiger partial charge in [0.25, 0.3) is 0 Å². The van der Waals surface area contributed by atoms with Gasteiger partial charge in [0.05, 0.1) is 11.4 Å². The number of nitrogens with zero attached hydrogens (tertiary/aromatic N) is 1. The number of benzene rings is 2. The SMILES string of the molecule is O=C(CNS(=O)(=O)c1c(F)cccc1F)N1CC(S(=O)(=O)c2ccc(Cl)cc2)C1. The molecule has 7 nitrogen and oxygen atoms in total. The van der Waals surface area contributed by atoms with Gasteiger partial charge in [0, 0.05) is 18.1 Å². The van der Waals surface area contributed by atoms with Gasteiger partial charge >= 0.3 is 0 Å². The van der Waals surface area contributed by atoms with Gasteiger partial charge in [-0.1, -0.05) is 17.7 Å². The van der Waals surface area contributed by atoms with Crippen molar-refractivity contribution in [1.82, 2.24) is 9.62 Å². The number of hydrogen-bond acceptors (Lipinski definition) is 5. The van der Waals surface area contributed by atoms with Crippen molar-refractivity contribution in [3.63, 3.8) is 0 Å². The highest BCUT2D eigenvalue weighted by Gasteiger charge is 2.40. The summed E-state index contributed by atoms with van der Waals surface area (Å²) < 4.78 is 78.3. The Morgan fingerprint density at radius 3 is 2.14 bits per heavy atom. The summed E-state index contributed by atoms with van der Waals surface area (Å²) in [7, 11) is -8.27. The van der Waals surface area contributed by atoms with Crippen molar-refractivity contribution >= 4 is 37.4 Å². The molecule has 0 atom stereocenters. The van der Waals surface area contributed by atoms with Crippen LogP contribution in [0.15, 0.2) is 52.3 Å². The Hall–Kier alpha value is -2.08. The van der Waals surface area contributed by atoms with E-state index in [0.717, 1.165) is 23.1 Å². The van der Waals surface area contributed by atoms with Crippen molar-refractivity contribution in [2.75, 3.05) is 19.6 Å². The molecule has 1 heterocycles. The fraction of sp³-hybridized carbons (Fsp3) is 0.235. The smallest absolute Gasteiger partial charge is 0.246 e. The number of rotatable bonds is 6. The third-order valence-electron chi connectivity index (χ3n) is 4.38. The van der Waals surface area contributed by atoms with E-state index in [1.54, 1.807) is 0 Å². The normalized spacial score (nSPS) is 15.2. The van der Waals surface area contributed by atoms with E-state index in [-0.39, 0.29) is 18.0 Å². The van der Waals surface area contributed by atoms with Crippen molar-refractivity contribution in [1.29, 1.82) is 0 Å². The first kappa shape index (κ1) is 21.6. The molecule has 3 rings (SSSR count). The number of nitrogens with one attached hydrogen (secondary N) is 1. The number of sulfone groups is 1. The average Bonchev–Trinajstić information content (AvgIpc) is 2.58. The number of amides is 1. The number of carbonyl (C=O) groups is 1. The minimum Gasteiger partial charge on any atom is -0.339 e. The van der Waals surface area contributed by atoms with Gasteiger partial charge in [-0.3, -0.25) is 4.79 Å². The molecule has 0 saturated carbocycles. The van der Waals surface area contributed by atoms with E-state index < -0.39 is 54.1 Å². The summed E-state index contributed by atoms with van der Waals surface area (Å²) in [5.41, 5.74) is 0. The monoisotopic (exact) mass is 464 g/mol. The zero-order chi connectivity index (χ0) is 21.4. The highest BCUT2D eigenvalue weighted by atomic mass is 35.5. The lowest BCUT2D eigenvalue weighted by molar-refractivity contribution is -0.133. The molecule has 0 unspecified atom stereocenters. The number of sulfonamides is 1. The Bertz CT molecular complexity index is 1130. The number of likely N-dealkylation sites (tertiary alicyclic amines) is 1. The van der Waals surface area contributed by atoms with Crippen LogP contribution in [0, 0.1) is 11.6 Å².